The molecule has 584 valence electrons. The number of nitrogens with zero attached hydrogens (tertiary/aromatic N) is 17. The number of fused-ring (bicyclic) bond motifs is 8. The predicted molar refractivity (Wildman–Crippen MR) is 464 cm³/mol. The second kappa shape index (κ2) is 32.6. The van der Waals surface area contributed by atoms with Gasteiger partial charge in [-0.15, -0.1) is 45.3 Å². The minimum atomic E-state index is -0.399. The largest absolute Gasteiger partial charge is 0.383 e. The number of methoxy groups -OCH3 is 1. The van der Waals surface area contributed by atoms with Crippen molar-refractivity contribution < 1.29 is 9.13 Å². The monoisotopic (exact) mass is 1610 g/mol. The highest BCUT2D eigenvalue weighted by Gasteiger charge is 2.26. The van der Waals surface area contributed by atoms with Crippen molar-refractivity contribution in [3.63, 3.8) is 0 Å². The van der Waals surface area contributed by atoms with Gasteiger partial charge in [-0.05, 0) is 176 Å². The summed E-state index contributed by atoms with van der Waals surface area (Å²) in [5.41, 5.74) is 22.8. The van der Waals surface area contributed by atoms with Crippen molar-refractivity contribution in [1.29, 1.82) is 0 Å². The molecule has 20 rings (SSSR count). The molecule has 1 unspecified atom stereocenters. The number of benzene rings is 4. The second-order valence-corrected chi connectivity index (χ2v) is 34.5. The number of rotatable bonds is 12. The minimum Gasteiger partial charge on any atom is -0.383 e. The molecule has 4 aromatic carbocycles. The van der Waals surface area contributed by atoms with E-state index in [0.717, 1.165) is 193 Å². The molecular formula is C86H84FN19O5S4. The molecule has 4 aliphatic rings. The van der Waals surface area contributed by atoms with E-state index < -0.39 is 5.82 Å². The van der Waals surface area contributed by atoms with Crippen molar-refractivity contribution in [3.8, 4) is 45.0 Å². The molecule has 0 amide bonds. The number of nitrogens with two attached hydrogens (primary N) is 1. The maximum atomic E-state index is 14.5. The maximum absolute atomic E-state index is 14.5. The van der Waals surface area contributed by atoms with Gasteiger partial charge in [0, 0.05) is 156 Å². The lowest BCUT2D eigenvalue weighted by Gasteiger charge is -2.35. The van der Waals surface area contributed by atoms with E-state index >= 15 is 0 Å². The van der Waals surface area contributed by atoms with Crippen LogP contribution in [-0.2, 0) is 4.74 Å². The standard InChI is InChI=1S/C23H24FN5O2S.C22H23N5OS.C21H18N4OS.C20H19N5OS/c1-15-25-23-18(24)11-16(12-20(23)32-15)19-13-22(30)29-14-17(3-4-21(29)26-19)28-7-5-27(6-8-28)9-10-31-2;1-14-23-18-6-4-15(10-20(18)29-14)19-11-22(28)27-13-17(5-7-21(27)24-19)26-9-8-16(12-26)25(2)3;1-13-23-17-4-2-15(10-19(17)27-13)18-11-21(26)25-12-16(3-5-20(25)24-18)14-6-8-22-9-7-14;1-12-22-16-4-2-13(8-18(16)27-12)17-9-20(26)25-11-15(3-5-19(25)23-17)24-7-6-14(21)10-24/h3-4,11-14H,5-10H2,1-2H3;4-7,10-11,13,16H,8-9,12H2,1-3H3;2-6,10-12,22H,7-9H2,1H3;2-5,8-9,11,14H,6-7,10,21H2,1H3/t;16-;;/m.0../s1. The van der Waals surface area contributed by atoms with Crippen molar-refractivity contribution in [2.24, 2.45) is 5.73 Å². The van der Waals surface area contributed by atoms with E-state index in [-0.39, 0.29) is 28.3 Å². The van der Waals surface area contributed by atoms with Crippen LogP contribution in [0.4, 0.5) is 21.5 Å². The number of hydrogen-bond acceptors (Lipinski definition) is 24. The Morgan fingerprint density at radius 2 is 0.896 bits per heavy atom. The van der Waals surface area contributed by atoms with Gasteiger partial charge in [0.25, 0.3) is 22.2 Å². The van der Waals surface area contributed by atoms with Crippen molar-refractivity contribution in [2.45, 2.75) is 59.0 Å². The summed E-state index contributed by atoms with van der Waals surface area (Å²) in [7, 11) is 5.96. The normalized spacial score (nSPS) is 16.0. The number of aromatic nitrogens is 12. The van der Waals surface area contributed by atoms with Gasteiger partial charge in [-0.2, -0.15) is 0 Å². The number of ether oxygens (including phenoxy) is 1. The lowest BCUT2D eigenvalue weighted by atomic mass is 10.0. The van der Waals surface area contributed by atoms with Crippen molar-refractivity contribution in [2.75, 3.05) is 115 Å². The van der Waals surface area contributed by atoms with E-state index in [0.29, 0.717) is 62.5 Å². The van der Waals surface area contributed by atoms with E-state index in [4.69, 9.17) is 25.4 Å². The maximum Gasteiger partial charge on any atom is 0.258 e. The van der Waals surface area contributed by atoms with Crippen LogP contribution in [0.2, 0.25) is 0 Å². The fourth-order valence-corrected chi connectivity index (χ4v) is 18.8. The van der Waals surface area contributed by atoms with Gasteiger partial charge in [-0.3, -0.25) is 41.7 Å². The smallest absolute Gasteiger partial charge is 0.258 e. The van der Waals surface area contributed by atoms with E-state index in [1.807, 2.05) is 131 Å². The zero-order valence-corrected chi connectivity index (χ0v) is 67.9. The van der Waals surface area contributed by atoms with Gasteiger partial charge in [0.2, 0.25) is 0 Å². The SMILES string of the molecule is COCCN1CCN(c2ccc3nc(-c4cc(F)c5nc(C)sc5c4)cc(=O)n3c2)CC1.Cc1nc2ccc(-c3cc(=O)n4cc(C5=CCNCC5)ccc4n3)cc2s1.Cc1nc2ccc(-c3cc(=O)n4cc(N5CCC(N)C5)ccc4n3)cc2s1.Cc1nc2ccc(-c3cc(=O)n4cc(N5CC[C@H](N(C)C)C5)ccc4n3)cc2s1. The highest BCUT2D eigenvalue weighted by molar-refractivity contribution is 7.19. The average Bonchev–Trinajstić information content (AvgIpc) is 1.71. The molecule has 115 heavy (non-hydrogen) atoms. The highest BCUT2D eigenvalue weighted by atomic mass is 32.1. The van der Waals surface area contributed by atoms with E-state index in [1.54, 1.807) is 76.9 Å². The van der Waals surface area contributed by atoms with Gasteiger partial charge in [-0.1, -0.05) is 24.3 Å². The fourth-order valence-electron chi connectivity index (χ4n) is 15.3. The Labute approximate surface area is 676 Å². The first kappa shape index (κ1) is 76.4. The first-order valence-corrected chi connectivity index (χ1v) is 41.6. The summed E-state index contributed by atoms with van der Waals surface area (Å²) in [4.78, 5) is 99.3. The number of pyridine rings is 4. The fraction of sp³-hybridized carbons (Fsp3) is 0.279. The lowest BCUT2D eigenvalue weighted by Crippen LogP contribution is -2.47. The van der Waals surface area contributed by atoms with Crippen LogP contribution < -0.4 is 48.0 Å². The molecule has 0 saturated carbocycles. The third kappa shape index (κ3) is 16.5. The van der Waals surface area contributed by atoms with Crippen LogP contribution in [0.15, 0.2) is 190 Å². The molecule has 0 bridgehead atoms. The van der Waals surface area contributed by atoms with Crippen LogP contribution in [0.3, 0.4) is 0 Å². The highest BCUT2D eigenvalue weighted by Crippen LogP contribution is 2.34. The lowest BCUT2D eigenvalue weighted by molar-refractivity contribution is 0.144. The van der Waals surface area contributed by atoms with Crippen molar-refractivity contribution >= 4 is 131 Å². The quantitative estimate of drug-likeness (QED) is 0.115. The summed E-state index contributed by atoms with van der Waals surface area (Å²) < 4.78 is 30.2. The molecule has 0 spiro atoms. The van der Waals surface area contributed by atoms with Gasteiger partial charge >= 0.3 is 0 Å². The average molecular weight is 1610 g/mol. The number of hydrogen-bond donors (Lipinski definition) is 2. The third-order valence-corrected chi connectivity index (χ3v) is 25.2. The molecule has 12 aromatic heterocycles. The van der Waals surface area contributed by atoms with Crippen LogP contribution in [0.1, 0.15) is 44.9 Å². The van der Waals surface area contributed by atoms with Crippen LogP contribution in [0.5, 0.6) is 0 Å². The molecular weight excluding hydrogens is 1530 g/mol. The molecule has 0 radical (unpaired) electrons. The molecule has 3 N–H and O–H groups in total. The summed E-state index contributed by atoms with van der Waals surface area (Å²) in [6, 6.07) is 44.1. The Bertz CT molecular complexity index is 6720. The minimum absolute atomic E-state index is 0.0595. The summed E-state index contributed by atoms with van der Waals surface area (Å²) in [5, 5.41) is 7.22. The van der Waals surface area contributed by atoms with E-state index in [2.05, 4.69) is 105 Å². The molecule has 29 heteroatoms. The molecule has 16 aromatic rings. The van der Waals surface area contributed by atoms with Crippen molar-refractivity contribution in [3.05, 3.63) is 243 Å². The molecule has 24 nitrogen and oxygen atoms in total. The number of nitrogens with one attached hydrogen (secondary N) is 1. The Kier molecular flexibility index (Phi) is 21.6. The molecule has 4 aliphatic heterocycles. The van der Waals surface area contributed by atoms with Gasteiger partial charge in [-0.25, -0.2) is 44.3 Å². The molecule has 0 aliphatic carbocycles. The van der Waals surface area contributed by atoms with Crippen molar-refractivity contribution in [1.82, 2.24) is 72.6 Å². The van der Waals surface area contributed by atoms with Gasteiger partial charge in [0.1, 0.15) is 28.1 Å². The molecule has 16 heterocycles. The van der Waals surface area contributed by atoms with Gasteiger partial charge in [0.05, 0.1) is 102 Å². The number of piperazine rings is 1. The first-order chi connectivity index (χ1) is 55.7. The first-order valence-electron chi connectivity index (χ1n) is 38.4. The Morgan fingerprint density at radius 1 is 0.470 bits per heavy atom. The third-order valence-electron chi connectivity index (χ3n) is 21.4. The van der Waals surface area contributed by atoms with E-state index in [9.17, 15) is 23.6 Å². The Hall–Kier alpha value is -11.3. The van der Waals surface area contributed by atoms with E-state index in [1.165, 1.54) is 29.0 Å². The number of aryl methyl sites for hydroxylation is 4. The number of halogens is 1. The Morgan fingerprint density at radius 3 is 1.35 bits per heavy atom. The summed E-state index contributed by atoms with van der Waals surface area (Å²) in [5.74, 6) is -0.399. The summed E-state index contributed by atoms with van der Waals surface area (Å²) in [6.45, 7) is 18.8. The number of likely N-dealkylation sites (N-methyl/N-ethyl adjacent to an activating group) is 1. The number of anilines is 3. The van der Waals surface area contributed by atoms with Crippen LogP contribution >= 0.6 is 45.3 Å². The summed E-state index contributed by atoms with van der Waals surface area (Å²) in [6.07, 6.45) is 12.8. The molecule has 2 atom stereocenters. The zero-order valence-electron chi connectivity index (χ0n) is 64.7. The predicted octanol–water partition coefficient (Wildman–Crippen LogP) is 13.1. The Balaban J connectivity index is 0.000000111. The van der Waals surface area contributed by atoms with Crippen LogP contribution in [0, 0.1) is 33.5 Å². The second-order valence-electron chi connectivity index (χ2n) is 29.5. The van der Waals surface area contributed by atoms with Crippen LogP contribution in [-0.4, -0.2) is 179 Å². The topological polar surface area (TPSA) is 253 Å². The zero-order chi connectivity index (χ0) is 79.3. The number of thiazole rings is 4. The van der Waals surface area contributed by atoms with Crippen LogP contribution in [0.25, 0.3) is 114 Å². The summed E-state index contributed by atoms with van der Waals surface area (Å²) >= 11 is 6.38. The molecule has 3 saturated heterocycles. The molecule has 3 fully saturated rings. The van der Waals surface area contributed by atoms with Gasteiger partial charge < -0.3 is 35.4 Å². The van der Waals surface area contributed by atoms with Gasteiger partial charge in [0.15, 0.2) is 5.82 Å².